The van der Waals surface area contributed by atoms with Crippen LogP contribution < -0.4 is 4.72 Å². The Morgan fingerprint density at radius 2 is 1.95 bits per heavy atom. The van der Waals surface area contributed by atoms with Crippen LogP contribution in [0.4, 0.5) is 0 Å². The predicted octanol–water partition coefficient (Wildman–Crippen LogP) is 2.49. The van der Waals surface area contributed by atoms with Crippen molar-refractivity contribution in [2.75, 3.05) is 0 Å². The van der Waals surface area contributed by atoms with Gasteiger partial charge < -0.3 is 5.11 Å². The second-order valence-electron chi connectivity index (χ2n) is 5.50. The van der Waals surface area contributed by atoms with Gasteiger partial charge >= 0.3 is 5.97 Å². The number of carbonyl (C=O) groups is 1. The minimum Gasteiger partial charge on any atom is -0.480 e. The molecular formula is C15H21NO4S. The lowest BCUT2D eigenvalue weighted by Crippen LogP contribution is -2.40. The van der Waals surface area contributed by atoms with Gasteiger partial charge in [0.15, 0.2) is 0 Å². The minimum absolute atomic E-state index is 0.120. The van der Waals surface area contributed by atoms with Gasteiger partial charge in [0.2, 0.25) is 10.0 Å². The van der Waals surface area contributed by atoms with E-state index in [9.17, 15) is 13.2 Å². The summed E-state index contributed by atoms with van der Waals surface area (Å²) in [7, 11) is -3.79. The van der Waals surface area contributed by atoms with Gasteiger partial charge in [-0.1, -0.05) is 31.9 Å². The lowest BCUT2D eigenvalue weighted by molar-refractivity contribution is -0.139. The smallest absolute Gasteiger partial charge is 0.321 e. The molecule has 6 heteroatoms. The number of sulfonamides is 1. The van der Waals surface area contributed by atoms with E-state index >= 15 is 0 Å². The zero-order chi connectivity index (χ0) is 15.5. The Hall–Kier alpha value is -1.40. The van der Waals surface area contributed by atoms with Gasteiger partial charge in [-0.25, -0.2) is 8.42 Å². The van der Waals surface area contributed by atoms with E-state index in [-0.39, 0.29) is 4.90 Å². The van der Waals surface area contributed by atoms with Gasteiger partial charge in [0, 0.05) is 0 Å². The van der Waals surface area contributed by atoms with Crippen molar-refractivity contribution in [3.8, 4) is 0 Å². The van der Waals surface area contributed by atoms with Gasteiger partial charge in [0.25, 0.3) is 0 Å². The van der Waals surface area contributed by atoms with Crippen LogP contribution >= 0.6 is 0 Å². The van der Waals surface area contributed by atoms with Crippen LogP contribution in [-0.4, -0.2) is 25.5 Å². The van der Waals surface area contributed by atoms with E-state index in [4.69, 9.17) is 5.11 Å². The third-order valence-corrected chi connectivity index (χ3v) is 5.17. The Morgan fingerprint density at radius 3 is 2.43 bits per heavy atom. The number of nitrogens with one attached hydrogen (secondary N) is 1. The van der Waals surface area contributed by atoms with Gasteiger partial charge in [-0.2, -0.15) is 4.72 Å². The molecule has 0 amide bonds. The molecule has 1 unspecified atom stereocenters. The minimum atomic E-state index is -3.79. The predicted molar refractivity (Wildman–Crippen MR) is 79.7 cm³/mol. The molecule has 0 spiro atoms. The number of aliphatic carboxylic acids is 1. The quantitative estimate of drug-likeness (QED) is 0.772. The van der Waals surface area contributed by atoms with E-state index in [0.717, 1.165) is 24.8 Å². The summed E-state index contributed by atoms with van der Waals surface area (Å²) in [5.41, 5.74) is 1.15. The van der Waals surface area contributed by atoms with Crippen molar-refractivity contribution in [3.05, 3.63) is 29.8 Å². The molecule has 2 N–H and O–H groups in total. The largest absolute Gasteiger partial charge is 0.480 e. The molecule has 0 bridgehead atoms. The van der Waals surface area contributed by atoms with E-state index in [1.807, 2.05) is 19.1 Å². The SMILES string of the molecule is CCCCC(NS(=O)(=O)c1ccc(C2CC2)cc1)C(=O)O. The number of hydrogen-bond acceptors (Lipinski definition) is 3. The number of carboxylic acids is 1. The molecule has 5 nitrogen and oxygen atoms in total. The lowest BCUT2D eigenvalue weighted by Gasteiger charge is -2.14. The highest BCUT2D eigenvalue weighted by Crippen LogP contribution is 2.40. The standard InChI is InChI=1S/C15H21NO4S/c1-2-3-4-14(15(17)18)16-21(19,20)13-9-7-12(8-10-13)11-5-6-11/h7-11,14,16H,2-6H2,1H3,(H,17,18). The van der Waals surface area contributed by atoms with Crippen LogP contribution in [0.25, 0.3) is 0 Å². The van der Waals surface area contributed by atoms with Crippen LogP contribution in [0.15, 0.2) is 29.2 Å². The first-order chi connectivity index (χ1) is 9.94. The molecule has 1 aromatic carbocycles. The number of unbranched alkanes of at least 4 members (excludes halogenated alkanes) is 1. The number of benzene rings is 1. The van der Waals surface area contributed by atoms with Crippen LogP contribution in [0.5, 0.6) is 0 Å². The Balaban J connectivity index is 2.09. The highest BCUT2D eigenvalue weighted by atomic mass is 32.2. The maximum atomic E-state index is 12.2. The number of carboxylic acid groups (broad SMARTS) is 1. The van der Waals surface area contributed by atoms with E-state index < -0.39 is 22.0 Å². The van der Waals surface area contributed by atoms with Crippen molar-refractivity contribution >= 4 is 16.0 Å². The van der Waals surface area contributed by atoms with Gasteiger partial charge in [0.05, 0.1) is 4.90 Å². The Morgan fingerprint density at radius 1 is 1.33 bits per heavy atom. The fourth-order valence-corrected chi connectivity index (χ4v) is 3.46. The summed E-state index contributed by atoms with van der Waals surface area (Å²) in [6.45, 7) is 1.93. The maximum absolute atomic E-state index is 12.2. The van der Waals surface area contributed by atoms with Crippen LogP contribution in [-0.2, 0) is 14.8 Å². The van der Waals surface area contributed by atoms with E-state index in [1.54, 1.807) is 12.1 Å². The van der Waals surface area contributed by atoms with Gasteiger partial charge in [-0.15, -0.1) is 0 Å². The van der Waals surface area contributed by atoms with Crippen molar-refractivity contribution in [3.63, 3.8) is 0 Å². The van der Waals surface area contributed by atoms with Crippen LogP contribution in [0.1, 0.15) is 50.5 Å². The molecule has 0 aliphatic heterocycles. The van der Waals surface area contributed by atoms with Crippen molar-refractivity contribution in [1.29, 1.82) is 0 Å². The second-order valence-corrected chi connectivity index (χ2v) is 7.21. The maximum Gasteiger partial charge on any atom is 0.321 e. The molecule has 1 fully saturated rings. The van der Waals surface area contributed by atoms with Crippen LogP contribution in [0.3, 0.4) is 0 Å². The highest BCUT2D eigenvalue weighted by molar-refractivity contribution is 7.89. The Labute approximate surface area is 125 Å². The molecule has 0 aromatic heterocycles. The van der Waals surface area contributed by atoms with Crippen molar-refractivity contribution in [2.24, 2.45) is 0 Å². The van der Waals surface area contributed by atoms with Gasteiger partial charge in [-0.05, 0) is 42.9 Å². The molecule has 21 heavy (non-hydrogen) atoms. The summed E-state index contributed by atoms with van der Waals surface area (Å²) < 4.78 is 26.7. The molecular weight excluding hydrogens is 290 g/mol. The summed E-state index contributed by atoms with van der Waals surface area (Å²) in [5.74, 6) is -0.576. The van der Waals surface area contributed by atoms with Crippen molar-refractivity contribution in [2.45, 2.75) is 55.9 Å². The fraction of sp³-hybridized carbons (Fsp3) is 0.533. The van der Waals surface area contributed by atoms with E-state index in [1.165, 1.54) is 0 Å². The first-order valence-electron chi connectivity index (χ1n) is 7.29. The Bertz CT molecular complexity index is 591. The average Bonchev–Trinajstić information content (AvgIpc) is 3.28. The summed E-state index contributed by atoms with van der Waals surface area (Å²) in [6.07, 6.45) is 4.10. The number of rotatable bonds is 8. The first-order valence-corrected chi connectivity index (χ1v) is 8.77. The molecule has 1 saturated carbocycles. The van der Waals surface area contributed by atoms with Crippen molar-refractivity contribution < 1.29 is 18.3 Å². The average molecular weight is 311 g/mol. The van der Waals surface area contributed by atoms with E-state index in [0.29, 0.717) is 18.8 Å². The van der Waals surface area contributed by atoms with Crippen molar-refractivity contribution in [1.82, 2.24) is 4.72 Å². The zero-order valence-electron chi connectivity index (χ0n) is 12.1. The molecule has 0 saturated heterocycles. The zero-order valence-corrected chi connectivity index (χ0v) is 12.9. The molecule has 1 aromatic rings. The van der Waals surface area contributed by atoms with Crippen LogP contribution in [0, 0.1) is 0 Å². The molecule has 0 radical (unpaired) electrons. The Kier molecular flexibility index (Phi) is 5.00. The van der Waals surface area contributed by atoms with Gasteiger partial charge in [0.1, 0.15) is 6.04 Å². The molecule has 116 valence electrons. The fourth-order valence-electron chi connectivity index (χ4n) is 2.23. The van der Waals surface area contributed by atoms with E-state index in [2.05, 4.69) is 4.72 Å². The summed E-state index contributed by atoms with van der Waals surface area (Å²) >= 11 is 0. The third kappa shape index (κ3) is 4.28. The van der Waals surface area contributed by atoms with Crippen LogP contribution in [0.2, 0.25) is 0 Å². The highest BCUT2D eigenvalue weighted by Gasteiger charge is 2.26. The normalized spacial score (nSPS) is 16.6. The summed E-state index contributed by atoms with van der Waals surface area (Å²) in [5, 5.41) is 9.11. The third-order valence-electron chi connectivity index (χ3n) is 3.68. The number of hydrogen-bond donors (Lipinski definition) is 2. The second kappa shape index (κ2) is 6.58. The summed E-state index contributed by atoms with van der Waals surface area (Å²) in [6, 6.07) is 5.66. The molecule has 2 rings (SSSR count). The molecule has 1 atom stereocenters. The summed E-state index contributed by atoms with van der Waals surface area (Å²) in [4.78, 5) is 11.3. The lowest BCUT2D eigenvalue weighted by atomic mass is 10.1. The monoisotopic (exact) mass is 311 g/mol. The first kappa shape index (κ1) is 16.0. The van der Waals surface area contributed by atoms with Gasteiger partial charge in [-0.3, -0.25) is 4.79 Å². The molecule has 1 aliphatic rings. The molecule has 1 aliphatic carbocycles. The topological polar surface area (TPSA) is 83.5 Å². The molecule has 0 heterocycles.